The average molecular weight is 803 g/mol. The Balaban J connectivity index is 1.23. The maximum absolute atomic E-state index is 13.5. The molecule has 14 heteroatoms. The second-order valence-corrected chi connectivity index (χ2v) is 16.0. The van der Waals surface area contributed by atoms with E-state index in [-0.39, 0.29) is 36.6 Å². The minimum atomic E-state index is -1.11. The van der Waals surface area contributed by atoms with Gasteiger partial charge in [-0.1, -0.05) is 87.3 Å². The molecule has 1 atom stereocenters. The zero-order chi connectivity index (χ0) is 40.1. The molecule has 1 unspecified atom stereocenters. The Morgan fingerprint density at radius 2 is 1.61 bits per heavy atom. The monoisotopic (exact) mass is 801 g/mol. The Hall–Kier alpha value is -4.91. The molecule has 1 fully saturated rings. The highest BCUT2D eigenvalue weighted by Crippen LogP contribution is 2.42. The van der Waals surface area contributed by atoms with Crippen molar-refractivity contribution in [2.45, 2.75) is 66.1 Å². The van der Waals surface area contributed by atoms with Crippen LogP contribution >= 0.6 is 23.2 Å². The van der Waals surface area contributed by atoms with Crippen LogP contribution in [0.2, 0.25) is 10.0 Å². The normalized spacial score (nSPS) is 14.3. The van der Waals surface area contributed by atoms with Gasteiger partial charge in [-0.15, -0.1) is 5.10 Å². The van der Waals surface area contributed by atoms with Gasteiger partial charge in [-0.2, -0.15) is 0 Å². The predicted molar refractivity (Wildman–Crippen MR) is 220 cm³/mol. The number of hydrogen-bond donors (Lipinski definition) is 2. The van der Waals surface area contributed by atoms with Crippen molar-refractivity contribution in [3.63, 3.8) is 0 Å². The van der Waals surface area contributed by atoms with Crippen LogP contribution in [-0.2, 0) is 17.9 Å². The van der Waals surface area contributed by atoms with E-state index in [9.17, 15) is 19.5 Å². The summed E-state index contributed by atoms with van der Waals surface area (Å²) in [5.41, 5.74) is 4.98. The van der Waals surface area contributed by atoms with E-state index < -0.39 is 6.09 Å². The first kappa shape index (κ1) is 40.7. The number of nitrogens with one attached hydrogen (secondary N) is 1. The van der Waals surface area contributed by atoms with Gasteiger partial charge in [0.15, 0.2) is 5.65 Å². The number of pyridine rings is 2. The molecule has 0 saturated carbocycles. The van der Waals surface area contributed by atoms with Gasteiger partial charge in [0.25, 0.3) is 0 Å². The first-order chi connectivity index (χ1) is 26.8. The van der Waals surface area contributed by atoms with Gasteiger partial charge in [0, 0.05) is 78.2 Å². The van der Waals surface area contributed by atoms with Gasteiger partial charge in [-0.25, -0.2) is 23.7 Å². The van der Waals surface area contributed by atoms with Crippen LogP contribution in [-0.4, -0.2) is 85.4 Å². The number of fused-ring (bicyclic) bond motifs is 1. The van der Waals surface area contributed by atoms with Gasteiger partial charge in [-0.3, -0.25) is 4.79 Å². The lowest BCUT2D eigenvalue weighted by Gasteiger charge is -2.25. The van der Waals surface area contributed by atoms with Crippen molar-refractivity contribution >= 4 is 40.8 Å². The standard InChI is InChI=1S/C42H49Cl2N7O5/c1-26(2)21-48(22-27(3)4)19-8-20-51-41(53)50-24-28(14-17-36(50)47-51)31-9-6-10-32(38(31)43)33-11-7-12-34(39(33)44)35-16-13-29(40(46-35)56-5)23-49(42(54)55)25-30-15-18-37(52)45-30/h6-7,9-14,16-17,24,26-27,30H,8,15,18-23,25H2,1-5H3,(H,45,52)(H,54,55). The second-order valence-electron chi connectivity index (χ2n) is 15.2. The van der Waals surface area contributed by atoms with Gasteiger partial charge >= 0.3 is 11.8 Å². The summed E-state index contributed by atoms with van der Waals surface area (Å²) >= 11 is 14.3. The number of carbonyl (C=O) groups is 2. The maximum atomic E-state index is 13.5. The number of carboxylic acid groups (broad SMARTS) is 1. The highest BCUT2D eigenvalue weighted by molar-refractivity contribution is 6.39. The summed E-state index contributed by atoms with van der Waals surface area (Å²) in [4.78, 5) is 45.7. The molecular weight excluding hydrogens is 753 g/mol. The van der Waals surface area contributed by atoms with E-state index in [2.05, 4.69) is 43.0 Å². The summed E-state index contributed by atoms with van der Waals surface area (Å²) in [7, 11) is 1.48. The number of amides is 2. The van der Waals surface area contributed by atoms with Crippen LogP contribution in [0.5, 0.6) is 5.88 Å². The van der Waals surface area contributed by atoms with E-state index in [1.807, 2.05) is 48.5 Å². The van der Waals surface area contributed by atoms with E-state index in [0.717, 1.165) is 37.2 Å². The Morgan fingerprint density at radius 3 is 2.23 bits per heavy atom. The van der Waals surface area contributed by atoms with Crippen molar-refractivity contribution in [1.82, 2.24) is 34.3 Å². The number of halogens is 2. The fourth-order valence-corrected chi connectivity index (χ4v) is 8.03. The lowest BCUT2D eigenvalue weighted by atomic mass is 9.97. The van der Waals surface area contributed by atoms with Crippen molar-refractivity contribution in [2.24, 2.45) is 11.8 Å². The second kappa shape index (κ2) is 17.9. The van der Waals surface area contributed by atoms with Crippen molar-refractivity contribution in [3.05, 3.63) is 93.0 Å². The van der Waals surface area contributed by atoms with Gasteiger partial charge in [0.05, 0.1) is 29.4 Å². The summed E-state index contributed by atoms with van der Waals surface area (Å²) in [5.74, 6) is 1.32. The zero-order valence-electron chi connectivity index (χ0n) is 32.5. The average Bonchev–Trinajstić information content (AvgIpc) is 3.72. The first-order valence-electron chi connectivity index (χ1n) is 19.0. The van der Waals surface area contributed by atoms with Crippen LogP contribution in [0.25, 0.3) is 39.2 Å². The molecule has 296 valence electrons. The summed E-state index contributed by atoms with van der Waals surface area (Å²) in [6, 6.07) is 18.4. The van der Waals surface area contributed by atoms with Crippen LogP contribution in [0.1, 0.15) is 52.5 Å². The van der Waals surface area contributed by atoms with Crippen LogP contribution in [0.3, 0.4) is 0 Å². The van der Waals surface area contributed by atoms with E-state index in [1.165, 1.54) is 12.0 Å². The molecule has 0 radical (unpaired) electrons. The molecule has 12 nitrogen and oxygen atoms in total. The lowest BCUT2D eigenvalue weighted by Crippen LogP contribution is -2.41. The van der Waals surface area contributed by atoms with Crippen LogP contribution in [0.15, 0.2) is 71.7 Å². The number of rotatable bonds is 16. The van der Waals surface area contributed by atoms with Gasteiger partial charge in [0.1, 0.15) is 0 Å². The fourth-order valence-electron chi connectivity index (χ4n) is 7.37. The van der Waals surface area contributed by atoms with E-state index in [1.54, 1.807) is 27.4 Å². The number of ether oxygens (including phenoxy) is 1. The van der Waals surface area contributed by atoms with Gasteiger partial charge < -0.3 is 25.0 Å². The van der Waals surface area contributed by atoms with Gasteiger partial charge in [-0.05, 0) is 55.5 Å². The molecule has 0 spiro atoms. The number of aryl methyl sites for hydroxylation is 1. The third kappa shape index (κ3) is 9.37. The van der Waals surface area contributed by atoms with Crippen molar-refractivity contribution < 1.29 is 19.4 Å². The number of nitrogens with zero attached hydrogens (tertiary/aromatic N) is 6. The molecule has 0 bridgehead atoms. The number of methoxy groups -OCH3 is 1. The van der Waals surface area contributed by atoms with Crippen LogP contribution in [0, 0.1) is 11.8 Å². The SMILES string of the molecule is COc1nc(-c2cccc(-c3cccc(-c4ccc5nn(CCCN(CC(C)C)CC(C)C)c(=O)n5c4)c3Cl)c2Cl)ccc1CN(CC1CCC(=O)N1)C(=O)O. The Bertz CT molecular complexity index is 2260. The minimum absolute atomic E-state index is 0.0304. The molecule has 2 amide bonds. The topological polar surface area (TPSA) is 134 Å². The smallest absolute Gasteiger partial charge is 0.407 e. The molecule has 1 aliphatic heterocycles. The third-order valence-corrected chi connectivity index (χ3v) is 10.6. The Labute approximate surface area is 337 Å². The van der Waals surface area contributed by atoms with Crippen molar-refractivity contribution in [2.75, 3.05) is 33.3 Å². The summed E-state index contributed by atoms with van der Waals surface area (Å²) in [6.07, 6.45) is 2.46. The van der Waals surface area contributed by atoms with Crippen LogP contribution < -0.4 is 15.7 Å². The molecule has 56 heavy (non-hydrogen) atoms. The Kier molecular flexibility index (Phi) is 13.0. The minimum Gasteiger partial charge on any atom is -0.481 e. The third-order valence-electron chi connectivity index (χ3n) is 9.83. The largest absolute Gasteiger partial charge is 0.481 e. The van der Waals surface area contributed by atoms with E-state index >= 15 is 0 Å². The highest BCUT2D eigenvalue weighted by Gasteiger charge is 2.26. The highest BCUT2D eigenvalue weighted by atomic mass is 35.5. The predicted octanol–water partition coefficient (Wildman–Crippen LogP) is 7.97. The lowest BCUT2D eigenvalue weighted by molar-refractivity contribution is -0.119. The number of benzene rings is 2. The summed E-state index contributed by atoms with van der Waals surface area (Å²) in [6.45, 7) is 12.6. The zero-order valence-corrected chi connectivity index (χ0v) is 34.0. The fraction of sp³-hybridized carbons (Fsp3) is 0.405. The summed E-state index contributed by atoms with van der Waals surface area (Å²) in [5, 5.41) is 18.2. The van der Waals surface area contributed by atoms with Crippen molar-refractivity contribution in [3.8, 4) is 39.4 Å². The quantitative estimate of drug-likeness (QED) is 0.103. The molecule has 6 rings (SSSR count). The molecule has 4 heterocycles. The molecular formula is C42H49Cl2N7O5. The summed E-state index contributed by atoms with van der Waals surface area (Å²) < 4.78 is 8.72. The molecule has 2 N–H and O–H groups in total. The molecule has 1 aliphatic rings. The molecule has 1 saturated heterocycles. The van der Waals surface area contributed by atoms with Gasteiger partial charge in [0.2, 0.25) is 11.8 Å². The molecule has 3 aromatic heterocycles. The van der Waals surface area contributed by atoms with E-state index in [0.29, 0.717) is 74.9 Å². The number of carbonyl (C=O) groups excluding carboxylic acids is 1. The van der Waals surface area contributed by atoms with Crippen LogP contribution in [0.4, 0.5) is 4.79 Å². The molecule has 5 aromatic rings. The molecule has 0 aliphatic carbocycles. The molecule has 2 aromatic carbocycles. The van der Waals surface area contributed by atoms with Crippen molar-refractivity contribution in [1.29, 1.82) is 0 Å². The van der Waals surface area contributed by atoms with E-state index in [4.69, 9.17) is 32.9 Å². The maximum Gasteiger partial charge on any atom is 0.407 e. The first-order valence-corrected chi connectivity index (χ1v) is 19.8. The number of hydrogen-bond acceptors (Lipinski definition) is 7. The number of aromatic nitrogens is 4. The Morgan fingerprint density at radius 1 is 0.946 bits per heavy atom.